The van der Waals surface area contributed by atoms with Crippen molar-refractivity contribution in [3.05, 3.63) is 30.2 Å². The molecule has 3 aromatic rings. The van der Waals surface area contributed by atoms with E-state index in [9.17, 15) is 10.2 Å². The van der Waals surface area contributed by atoms with Crippen LogP contribution in [-0.4, -0.2) is 54.7 Å². The smallest absolute Gasteiger partial charge is 0.173 e. The lowest BCUT2D eigenvalue weighted by atomic mass is 10.1. The van der Waals surface area contributed by atoms with E-state index in [0.29, 0.717) is 11.2 Å². The summed E-state index contributed by atoms with van der Waals surface area (Å²) < 4.78 is 12.9. The van der Waals surface area contributed by atoms with Crippen molar-refractivity contribution in [2.75, 3.05) is 12.3 Å². The molecule has 0 aliphatic carbocycles. The molecule has 4 N–H and O–H groups in total. The number of nitrogen functional groups attached to an aromatic ring is 1. The predicted molar refractivity (Wildman–Crippen MR) is 85.5 cm³/mol. The summed E-state index contributed by atoms with van der Waals surface area (Å²) in [5.41, 5.74) is 6.61. The minimum atomic E-state index is -1.14. The number of ether oxygens (including phenoxy) is 2. The molecule has 0 spiro atoms. The number of hydrogen-bond donors (Lipinski definition) is 3. The van der Waals surface area contributed by atoms with E-state index in [2.05, 4.69) is 15.0 Å². The molecule has 0 bridgehead atoms. The van der Waals surface area contributed by atoms with Gasteiger partial charge in [-0.2, -0.15) is 0 Å². The van der Waals surface area contributed by atoms with Crippen molar-refractivity contribution in [3.8, 4) is 5.06 Å². The number of hydrogen-bond acceptors (Lipinski definition) is 9. The topological polar surface area (TPSA) is 129 Å². The van der Waals surface area contributed by atoms with Crippen LogP contribution in [0.4, 0.5) is 5.82 Å². The van der Waals surface area contributed by atoms with Crippen LogP contribution in [0.3, 0.4) is 0 Å². The van der Waals surface area contributed by atoms with Crippen molar-refractivity contribution < 1.29 is 19.7 Å². The normalized spacial score (nSPS) is 26.9. The molecule has 24 heavy (non-hydrogen) atoms. The third kappa shape index (κ3) is 2.49. The Kier molecular flexibility index (Phi) is 3.81. The first-order chi connectivity index (χ1) is 11.6. The van der Waals surface area contributed by atoms with Crippen molar-refractivity contribution >= 4 is 28.3 Å². The zero-order chi connectivity index (χ0) is 16.7. The van der Waals surface area contributed by atoms with E-state index in [-0.39, 0.29) is 12.4 Å². The molecule has 4 heterocycles. The van der Waals surface area contributed by atoms with Gasteiger partial charge < -0.3 is 25.4 Å². The van der Waals surface area contributed by atoms with Gasteiger partial charge in [-0.25, -0.2) is 15.0 Å². The summed E-state index contributed by atoms with van der Waals surface area (Å²) in [7, 11) is 0. The van der Waals surface area contributed by atoms with E-state index in [1.165, 1.54) is 28.6 Å². The summed E-state index contributed by atoms with van der Waals surface area (Å²) in [6.45, 7) is 0.124. The lowest BCUT2D eigenvalue weighted by molar-refractivity contribution is -0.0470. The Labute approximate surface area is 140 Å². The first-order valence-electron chi connectivity index (χ1n) is 7.26. The number of aromatic nitrogens is 4. The predicted octanol–water partition coefficient (Wildman–Crippen LogP) is 0.168. The maximum absolute atomic E-state index is 10.3. The average molecular weight is 349 g/mol. The van der Waals surface area contributed by atoms with Gasteiger partial charge in [0.2, 0.25) is 0 Å². The Morgan fingerprint density at radius 2 is 2.17 bits per heavy atom. The van der Waals surface area contributed by atoms with E-state index in [4.69, 9.17) is 15.2 Å². The summed E-state index contributed by atoms with van der Waals surface area (Å²) in [4.78, 5) is 12.1. The SMILES string of the molecule is Nc1ncnc2c1ncn2[C@@H]1O[C@H](COc2cccs2)[C@@H](O)[C@H]1O. The van der Waals surface area contributed by atoms with Crippen molar-refractivity contribution in [1.29, 1.82) is 0 Å². The fourth-order valence-electron chi connectivity index (χ4n) is 2.66. The van der Waals surface area contributed by atoms with Crippen molar-refractivity contribution in [3.63, 3.8) is 0 Å². The zero-order valence-corrected chi connectivity index (χ0v) is 13.2. The number of aliphatic hydroxyl groups is 2. The van der Waals surface area contributed by atoms with Crippen LogP contribution in [0.15, 0.2) is 30.2 Å². The van der Waals surface area contributed by atoms with Gasteiger partial charge in [-0.1, -0.05) is 0 Å². The van der Waals surface area contributed by atoms with E-state index < -0.39 is 24.5 Å². The van der Waals surface area contributed by atoms with Gasteiger partial charge >= 0.3 is 0 Å². The molecule has 126 valence electrons. The average Bonchev–Trinajstić information content (AvgIpc) is 3.28. The van der Waals surface area contributed by atoms with Crippen LogP contribution in [0.5, 0.6) is 5.06 Å². The van der Waals surface area contributed by atoms with E-state index in [0.717, 1.165) is 5.06 Å². The van der Waals surface area contributed by atoms with E-state index in [1.54, 1.807) is 0 Å². The molecule has 0 aromatic carbocycles. The third-order valence-corrected chi connectivity index (χ3v) is 4.66. The van der Waals surface area contributed by atoms with E-state index >= 15 is 0 Å². The first kappa shape index (κ1) is 15.3. The molecule has 0 radical (unpaired) electrons. The van der Waals surface area contributed by atoms with Crippen LogP contribution >= 0.6 is 11.3 Å². The summed E-state index contributed by atoms with van der Waals surface area (Å²) >= 11 is 1.44. The van der Waals surface area contributed by atoms with Crippen LogP contribution in [0.2, 0.25) is 0 Å². The molecule has 3 aromatic heterocycles. The second-order valence-corrected chi connectivity index (χ2v) is 6.28. The Morgan fingerprint density at radius 3 is 2.96 bits per heavy atom. The number of aliphatic hydroxyl groups excluding tert-OH is 2. The Balaban J connectivity index is 1.56. The molecule has 1 fully saturated rings. The molecule has 4 atom stereocenters. The van der Waals surface area contributed by atoms with Gasteiger partial charge in [-0.05, 0) is 17.5 Å². The summed E-state index contributed by atoms with van der Waals surface area (Å²) in [6, 6.07) is 3.69. The van der Waals surface area contributed by atoms with Crippen LogP contribution in [0.25, 0.3) is 11.2 Å². The fraction of sp³-hybridized carbons (Fsp3) is 0.357. The maximum atomic E-state index is 10.3. The Morgan fingerprint density at radius 1 is 1.29 bits per heavy atom. The largest absolute Gasteiger partial charge is 0.481 e. The van der Waals surface area contributed by atoms with Gasteiger partial charge in [0.1, 0.15) is 36.8 Å². The molecule has 4 rings (SSSR count). The standard InChI is InChI=1S/C14H15N5O4S/c15-12-9-13(17-5-16-12)19(6-18-9)14-11(21)10(20)7(23-14)4-22-8-2-1-3-24-8/h1-3,5-7,10-11,14,20-21H,4H2,(H2,15,16,17)/t7-,10-,11-,14-/m1/s1. The molecule has 1 aliphatic heterocycles. The monoisotopic (exact) mass is 349 g/mol. The van der Waals surface area contributed by atoms with Gasteiger partial charge in [0.05, 0.1) is 6.33 Å². The fourth-order valence-corrected chi connectivity index (χ4v) is 3.25. The molecule has 9 nitrogen and oxygen atoms in total. The van der Waals surface area contributed by atoms with Gasteiger partial charge in [-0.3, -0.25) is 4.57 Å². The number of nitrogens with zero attached hydrogens (tertiary/aromatic N) is 4. The second kappa shape index (κ2) is 5.98. The molecule has 1 saturated heterocycles. The van der Waals surface area contributed by atoms with Crippen molar-refractivity contribution in [1.82, 2.24) is 19.5 Å². The van der Waals surface area contributed by atoms with Crippen LogP contribution < -0.4 is 10.5 Å². The molecule has 0 unspecified atom stereocenters. The molecular formula is C14H15N5O4S. The van der Waals surface area contributed by atoms with Crippen LogP contribution in [0, 0.1) is 0 Å². The number of fused-ring (bicyclic) bond motifs is 1. The summed E-state index contributed by atoms with van der Waals surface area (Å²) in [5.74, 6) is 0.240. The van der Waals surface area contributed by atoms with Gasteiger partial charge in [0, 0.05) is 0 Å². The summed E-state index contributed by atoms with van der Waals surface area (Å²) in [5, 5.41) is 23.2. The van der Waals surface area contributed by atoms with Gasteiger partial charge in [0.25, 0.3) is 0 Å². The zero-order valence-electron chi connectivity index (χ0n) is 12.4. The van der Waals surface area contributed by atoms with Crippen molar-refractivity contribution in [2.45, 2.75) is 24.5 Å². The molecule has 0 saturated carbocycles. The minimum Gasteiger partial charge on any atom is -0.481 e. The first-order valence-corrected chi connectivity index (χ1v) is 8.14. The third-order valence-electron chi connectivity index (χ3n) is 3.88. The number of nitrogens with two attached hydrogens (primary N) is 1. The molecule has 0 amide bonds. The minimum absolute atomic E-state index is 0.124. The van der Waals surface area contributed by atoms with Gasteiger partial charge in [0.15, 0.2) is 22.8 Å². The maximum Gasteiger partial charge on any atom is 0.173 e. The highest BCUT2D eigenvalue weighted by Crippen LogP contribution is 2.32. The number of imidazole rings is 1. The number of thiophene rings is 1. The number of rotatable bonds is 4. The molecule has 10 heteroatoms. The molecular weight excluding hydrogens is 334 g/mol. The Hall–Kier alpha value is -2.27. The lowest BCUT2D eigenvalue weighted by Gasteiger charge is -2.16. The highest BCUT2D eigenvalue weighted by molar-refractivity contribution is 7.11. The number of anilines is 1. The quantitative estimate of drug-likeness (QED) is 0.608. The van der Waals surface area contributed by atoms with Crippen molar-refractivity contribution in [2.24, 2.45) is 0 Å². The second-order valence-electron chi connectivity index (χ2n) is 5.37. The highest BCUT2D eigenvalue weighted by Gasteiger charge is 2.44. The van der Waals surface area contributed by atoms with Crippen LogP contribution in [-0.2, 0) is 4.74 Å². The molecule has 1 aliphatic rings. The Bertz CT molecular complexity index is 839. The van der Waals surface area contributed by atoms with Gasteiger partial charge in [-0.15, -0.1) is 11.3 Å². The summed E-state index contributed by atoms with van der Waals surface area (Å²) in [6.07, 6.45) is -0.980. The van der Waals surface area contributed by atoms with Crippen LogP contribution in [0.1, 0.15) is 6.23 Å². The lowest BCUT2D eigenvalue weighted by Crippen LogP contribution is -2.34. The van der Waals surface area contributed by atoms with E-state index in [1.807, 2.05) is 17.5 Å². The highest BCUT2D eigenvalue weighted by atomic mass is 32.1.